The van der Waals surface area contributed by atoms with Gasteiger partial charge < -0.3 is 5.32 Å². The first-order chi connectivity index (χ1) is 16.1. The quantitative estimate of drug-likeness (QED) is 0.161. The number of carbonyl (C=O) groups excluding carboxylic acids is 1. The lowest BCUT2D eigenvalue weighted by Gasteiger charge is -2.10. The number of ketones is 1. The standard InChI is InChI=1S/C30H40ClNO/c1-3-25(2)30(33)27-18-22-29(23-19-27)32-24-14-12-10-8-6-4-5-7-9-11-13-15-26-16-20-28(31)21-17-26/h16-23,25,32H,3-12,14,24H2,1-2H3. The normalized spacial score (nSPS) is 11.5. The third kappa shape index (κ3) is 11.4. The summed E-state index contributed by atoms with van der Waals surface area (Å²) in [7, 11) is 0. The summed E-state index contributed by atoms with van der Waals surface area (Å²) in [5.41, 5.74) is 2.97. The van der Waals surface area contributed by atoms with Gasteiger partial charge in [0, 0.05) is 40.7 Å². The van der Waals surface area contributed by atoms with E-state index in [4.69, 9.17) is 11.6 Å². The Morgan fingerprint density at radius 2 is 1.42 bits per heavy atom. The number of hydrogen-bond acceptors (Lipinski definition) is 2. The first kappa shape index (κ1) is 27.0. The minimum Gasteiger partial charge on any atom is -0.385 e. The highest BCUT2D eigenvalue weighted by Crippen LogP contribution is 2.16. The third-order valence-corrected chi connectivity index (χ3v) is 6.37. The highest BCUT2D eigenvalue weighted by Gasteiger charge is 2.12. The predicted molar refractivity (Wildman–Crippen MR) is 143 cm³/mol. The van der Waals surface area contributed by atoms with Gasteiger partial charge in [-0.05, 0) is 67.8 Å². The van der Waals surface area contributed by atoms with Gasteiger partial charge in [0.1, 0.15) is 0 Å². The number of anilines is 1. The van der Waals surface area contributed by atoms with Crippen molar-refractivity contribution in [1.29, 1.82) is 0 Å². The van der Waals surface area contributed by atoms with Gasteiger partial charge in [0.05, 0.1) is 0 Å². The molecule has 2 rings (SSSR count). The van der Waals surface area contributed by atoms with Gasteiger partial charge >= 0.3 is 0 Å². The van der Waals surface area contributed by atoms with Crippen molar-refractivity contribution in [2.75, 3.05) is 11.9 Å². The Hall–Kier alpha value is -2.24. The van der Waals surface area contributed by atoms with Gasteiger partial charge in [-0.3, -0.25) is 4.79 Å². The minimum atomic E-state index is 0.101. The van der Waals surface area contributed by atoms with E-state index in [1.54, 1.807) is 0 Å². The highest BCUT2D eigenvalue weighted by atomic mass is 35.5. The van der Waals surface area contributed by atoms with E-state index in [9.17, 15) is 4.79 Å². The number of halogens is 1. The molecule has 1 unspecified atom stereocenters. The van der Waals surface area contributed by atoms with Gasteiger partial charge in [-0.2, -0.15) is 0 Å². The molecule has 0 aliphatic carbocycles. The summed E-state index contributed by atoms with van der Waals surface area (Å²) in [6.45, 7) is 5.05. The average Bonchev–Trinajstić information content (AvgIpc) is 2.84. The fourth-order valence-corrected chi connectivity index (χ4v) is 3.85. The van der Waals surface area contributed by atoms with Gasteiger partial charge in [0.2, 0.25) is 0 Å². The van der Waals surface area contributed by atoms with Gasteiger partial charge in [0.25, 0.3) is 0 Å². The molecule has 0 heterocycles. The van der Waals surface area contributed by atoms with Crippen LogP contribution in [0.25, 0.3) is 0 Å². The predicted octanol–water partition coefficient (Wildman–Crippen LogP) is 8.93. The van der Waals surface area contributed by atoms with E-state index in [-0.39, 0.29) is 11.7 Å². The van der Waals surface area contributed by atoms with E-state index in [0.717, 1.165) is 41.2 Å². The molecule has 178 valence electrons. The van der Waals surface area contributed by atoms with Crippen molar-refractivity contribution >= 4 is 23.1 Å². The molecule has 0 aliphatic rings. The monoisotopic (exact) mass is 465 g/mol. The first-order valence-corrected chi connectivity index (χ1v) is 13.1. The van der Waals surface area contributed by atoms with Crippen LogP contribution in [0.5, 0.6) is 0 Å². The van der Waals surface area contributed by atoms with Crippen molar-refractivity contribution in [3.8, 4) is 11.8 Å². The molecule has 0 bridgehead atoms. The second-order valence-corrected chi connectivity index (χ2v) is 9.35. The van der Waals surface area contributed by atoms with Gasteiger partial charge in [-0.25, -0.2) is 0 Å². The Morgan fingerprint density at radius 1 is 0.848 bits per heavy atom. The van der Waals surface area contributed by atoms with Crippen molar-refractivity contribution in [3.05, 3.63) is 64.7 Å². The number of benzene rings is 2. The topological polar surface area (TPSA) is 29.1 Å². The highest BCUT2D eigenvalue weighted by molar-refractivity contribution is 6.30. The number of rotatable bonds is 15. The molecule has 0 aliphatic heterocycles. The second-order valence-electron chi connectivity index (χ2n) is 8.92. The number of nitrogens with one attached hydrogen (secondary N) is 1. The summed E-state index contributed by atoms with van der Waals surface area (Å²) < 4.78 is 0. The lowest BCUT2D eigenvalue weighted by atomic mass is 9.97. The number of Topliss-reactive ketones (excluding diaryl/α,β-unsaturated/α-hetero) is 1. The molecule has 0 fully saturated rings. The van der Waals surface area contributed by atoms with Crippen LogP contribution < -0.4 is 5.32 Å². The van der Waals surface area contributed by atoms with E-state index in [2.05, 4.69) is 24.1 Å². The molecule has 33 heavy (non-hydrogen) atoms. The van der Waals surface area contributed by atoms with E-state index in [1.165, 1.54) is 57.8 Å². The molecule has 0 aromatic heterocycles. The summed E-state index contributed by atoms with van der Waals surface area (Å²) in [6, 6.07) is 15.7. The number of unbranched alkanes of at least 4 members (excludes halogenated alkanes) is 9. The molecule has 0 saturated heterocycles. The summed E-state index contributed by atoms with van der Waals surface area (Å²) in [6.07, 6.45) is 13.5. The van der Waals surface area contributed by atoms with Crippen LogP contribution in [0.15, 0.2) is 48.5 Å². The zero-order chi connectivity index (χ0) is 23.7. The van der Waals surface area contributed by atoms with Crippen LogP contribution >= 0.6 is 11.6 Å². The first-order valence-electron chi connectivity index (χ1n) is 12.7. The average molecular weight is 466 g/mol. The van der Waals surface area contributed by atoms with E-state index in [0.29, 0.717) is 0 Å². The van der Waals surface area contributed by atoms with Gasteiger partial charge in [-0.1, -0.05) is 82.2 Å². The molecular formula is C30H40ClNO. The minimum absolute atomic E-state index is 0.101. The number of hydrogen-bond donors (Lipinski definition) is 1. The van der Waals surface area contributed by atoms with Crippen molar-refractivity contribution in [3.63, 3.8) is 0 Å². The van der Waals surface area contributed by atoms with Crippen molar-refractivity contribution in [2.24, 2.45) is 5.92 Å². The molecule has 2 nitrogen and oxygen atoms in total. The van der Waals surface area contributed by atoms with Crippen molar-refractivity contribution in [1.82, 2.24) is 0 Å². The summed E-state index contributed by atoms with van der Waals surface area (Å²) in [4.78, 5) is 12.2. The van der Waals surface area contributed by atoms with Crippen LogP contribution in [0, 0.1) is 17.8 Å². The van der Waals surface area contributed by atoms with Crippen LogP contribution in [0.3, 0.4) is 0 Å². The second kappa shape index (κ2) is 16.4. The number of carbonyl (C=O) groups is 1. The molecule has 0 spiro atoms. The molecule has 0 amide bonds. The van der Waals surface area contributed by atoms with Crippen LogP contribution in [0.2, 0.25) is 5.02 Å². The fraction of sp³-hybridized carbons (Fsp3) is 0.500. The van der Waals surface area contributed by atoms with Crippen LogP contribution in [0.4, 0.5) is 5.69 Å². The summed E-state index contributed by atoms with van der Waals surface area (Å²) in [5, 5.41) is 4.23. The maximum atomic E-state index is 12.2. The zero-order valence-corrected chi connectivity index (χ0v) is 21.2. The maximum Gasteiger partial charge on any atom is 0.165 e. The lowest BCUT2D eigenvalue weighted by Crippen LogP contribution is -2.10. The summed E-state index contributed by atoms with van der Waals surface area (Å²) in [5.74, 6) is 6.81. The van der Waals surface area contributed by atoms with Crippen LogP contribution in [-0.2, 0) is 0 Å². The fourth-order valence-electron chi connectivity index (χ4n) is 3.73. The molecule has 0 radical (unpaired) electrons. The Kier molecular flexibility index (Phi) is 13.4. The van der Waals surface area contributed by atoms with Gasteiger partial charge in [0.15, 0.2) is 5.78 Å². The molecule has 3 heteroatoms. The molecule has 0 saturated carbocycles. The smallest absolute Gasteiger partial charge is 0.165 e. The molecule has 1 N–H and O–H groups in total. The Balaban J connectivity index is 1.41. The molecule has 2 aromatic rings. The van der Waals surface area contributed by atoms with Gasteiger partial charge in [-0.15, -0.1) is 0 Å². The van der Waals surface area contributed by atoms with E-state index < -0.39 is 0 Å². The van der Waals surface area contributed by atoms with E-state index in [1.807, 2.05) is 55.5 Å². The Morgan fingerprint density at radius 3 is 2.03 bits per heavy atom. The van der Waals surface area contributed by atoms with E-state index >= 15 is 0 Å². The van der Waals surface area contributed by atoms with Crippen molar-refractivity contribution in [2.45, 2.75) is 84.5 Å². The largest absolute Gasteiger partial charge is 0.385 e. The zero-order valence-electron chi connectivity index (χ0n) is 20.5. The molecule has 2 aromatic carbocycles. The Labute approximate surface area is 206 Å². The third-order valence-electron chi connectivity index (χ3n) is 6.11. The molecular weight excluding hydrogens is 426 g/mol. The lowest BCUT2D eigenvalue weighted by molar-refractivity contribution is 0.0927. The maximum absolute atomic E-state index is 12.2. The Bertz CT molecular complexity index is 861. The molecule has 1 atom stereocenters. The SMILES string of the molecule is CCC(C)C(=O)c1ccc(NCCCCCCCCCCCC#Cc2ccc(Cl)cc2)cc1. The summed E-state index contributed by atoms with van der Waals surface area (Å²) >= 11 is 5.88. The van der Waals surface area contributed by atoms with Crippen molar-refractivity contribution < 1.29 is 4.79 Å². The van der Waals surface area contributed by atoms with Crippen LogP contribution in [-0.4, -0.2) is 12.3 Å². The van der Waals surface area contributed by atoms with Crippen LogP contribution in [0.1, 0.15) is 100 Å².